The van der Waals surface area contributed by atoms with Gasteiger partial charge in [0.25, 0.3) is 0 Å². The number of para-hydroxylation sites is 1. The number of anilines is 3. The highest BCUT2D eigenvalue weighted by Crippen LogP contribution is 2.25. The smallest absolute Gasteiger partial charge is 0.239 e. The quantitative estimate of drug-likeness (QED) is 0.723. The molecule has 0 fully saturated rings. The molecule has 0 bridgehead atoms. The number of halogens is 1. The third-order valence-corrected chi connectivity index (χ3v) is 3.32. The van der Waals surface area contributed by atoms with Gasteiger partial charge < -0.3 is 10.6 Å². The Morgan fingerprint density at radius 3 is 2.64 bits per heavy atom. The average Bonchev–Trinajstić information content (AvgIpc) is 2.56. The number of benzene rings is 2. The van der Waals surface area contributed by atoms with E-state index in [0.717, 1.165) is 16.6 Å². The van der Waals surface area contributed by atoms with Crippen LogP contribution in [0.15, 0.2) is 54.9 Å². The maximum absolute atomic E-state index is 11.4. The van der Waals surface area contributed by atoms with Gasteiger partial charge in [-0.2, -0.15) is 0 Å². The molecule has 1 aromatic heterocycles. The van der Waals surface area contributed by atoms with Crippen molar-refractivity contribution in [2.45, 2.75) is 0 Å². The van der Waals surface area contributed by atoms with E-state index in [2.05, 4.69) is 20.6 Å². The number of carbonyl (C=O) groups excluding carboxylic acids is 1. The molecule has 0 spiro atoms. The molecule has 0 unspecified atom stereocenters. The van der Waals surface area contributed by atoms with Crippen molar-refractivity contribution in [1.29, 1.82) is 0 Å². The van der Waals surface area contributed by atoms with Crippen LogP contribution in [-0.4, -0.2) is 21.8 Å². The second kappa shape index (κ2) is 6.41. The summed E-state index contributed by atoms with van der Waals surface area (Å²) in [4.78, 5) is 19.9. The summed E-state index contributed by atoms with van der Waals surface area (Å²) < 4.78 is 0. The summed E-state index contributed by atoms with van der Waals surface area (Å²) in [7, 11) is 0. The second-order valence-electron chi connectivity index (χ2n) is 4.63. The lowest BCUT2D eigenvalue weighted by atomic mass is 10.2. The lowest BCUT2D eigenvalue weighted by Gasteiger charge is -2.10. The minimum absolute atomic E-state index is 0.0849. The van der Waals surface area contributed by atoms with Crippen LogP contribution in [0.2, 0.25) is 0 Å². The van der Waals surface area contributed by atoms with Crippen LogP contribution < -0.4 is 10.6 Å². The average molecular weight is 313 g/mol. The highest BCUT2D eigenvalue weighted by Gasteiger charge is 2.07. The molecular formula is C16H13ClN4O. The Kier molecular flexibility index (Phi) is 4.16. The van der Waals surface area contributed by atoms with Gasteiger partial charge in [-0.15, -0.1) is 11.6 Å². The molecule has 3 aromatic rings. The minimum atomic E-state index is -0.254. The van der Waals surface area contributed by atoms with Crippen molar-refractivity contribution in [3.05, 3.63) is 54.9 Å². The first kappa shape index (κ1) is 14.3. The molecule has 0 saturated carbocycles. The van der Waals surface area contributed by atoms with Gasteiger partial charge in [-0.25, -0.2) is 9.97 Å². The van der Waals surface area contributed by atoms with Gasteiger partial charge in [-0.05, 0) is 30.3 Å². The summed E-state index contributed by atoms with van der Waals surface area (Å²) in [5.74, 6) is 0.340. The van der Waals surface area contributed by atoms with E-state index in [1.165, 1.54) is 6.33 Å². The number of carbonyl (C=O) groups is 1. The normalized spacial score (nSPS) is 10.4. The molecule has 0 radical (unpaired) electrons. The standard InChI is InChI=1S/C16H13ClN4O/c17-9-15(22)20-12-6-7-14-13(8-12)16(19-10-18-14)21-11-4-2-1-3-5-11/h1-8,10H,9H2,(H,20,22)(H,18,19,21). The zero-order chi connectivity index (χ0) is 15.4. The third-order valence-electron chi connectivity index (χ3n) is 3.08. The molecule has 6 heteroatoms. The highest BCUT2D eigenvalue weighted by molar-refractivity contribution is 6.29. The number of hydrogen-bond donors (Lipinski definition) is 2. The van der Waals surface area contributed by atoms with Gasteiger partial charge in [0, 0.05) is 16.8 Å². The number of nitrogens with zero attached hydrogens (tertiary/aromatic N) is 2. The van der Waals surface area contributed by atoms with Crippen LogP contribution in [0, 0.1) is 0 Å². The molecule has 0 saturated heterocycles. The van der Waals surface area contributed by atoms with Crippen LogP contribution in [0.4, 0.5) is 17.2 Å². The van der Waals surface area contributed by atoms with Crippen LogP contribution in [0.25, 0.3) is 10.9 Å². The fourth-order valence-corrected chi connectivity index (χ4v) is 2.15. The molecule has 0 aliphatic heterocycles. The lowest BCUT2D eigenvalue weighted by molar-refractivity contribution is -0.113. The number of aromatic nitrogens is 2. The Balaban J connectivity index is 1.98. The number of hydrogen-bond acceptors (Lipinski definition) is 4. The van der Waals surface area contributed by atoms with E-state index in [4.69, 9.17) is 11.6 Å². The predicted molar refractivity (Wildman–Crippen MR) is 88.6 cm³/mol. The molecule has 1 heterocycles. The van der Waals surface area contributed by atoms with Crippen LogP contribution in [0.1, 0.15) is 0 Å². The number of amides is 1. The second-order valence-corrected chi connectivity index (χ2v) is 4.89. The van der Waals surface area contributed by atoms with Gasteiger partial charge in [0.2, 0.25) is 5.91 Å². The van der Waals surface area contributed by atoms with Crippen molar-refractivity contribution in [3.63, 3.8) is 0 Å². The van der Waals surface area contributed by atoms with Crippen molar-refractivity contribution >= 4 is 45.6 Å². The Bertz CT molecular complexity index is 808. The largest absolute Gasteiger partial charge is 0.340 e. The summed E-state index contributed by atoms with van der Waals surface area (Å²) in [6, 6.07) is 15.2. The zero-order valence-electron chi connectivity index (χ0n) is 11.6. The van der Waals surface area contributed by atoms with E-state index < -0.39 is 0 Å². The molecule has 0 aliphatic rings. The zero-order valence-corrected chi connectivity index (χ0v) is 12.3. The Morgan fingerprint density at radius 1 is 1.05 bits per heavy atom. The van der Waals surface area contributed by atoms with Gasteiger partial charge in [-0.1, -0.05) is 18.2 Å². The van der Waals surface area contributed by atoms with Gasteiger partial charge in [0.15, 0.2) is 0 Å². The molecule has 3 rings (SSSR count). The van der Waals surface area contributed by atoms with Gasteiger partial charge in [-0.3, -0.25) is 4.79 Å². The molecule has 1 amide bonds. The van der Waals surface area contributed by atoms with Crippen molar-refractivity contribution in [2.24, 2.45) is 0 Å². The number of rotatable bonds is 4. The van der Waals surface area contributed by atoms with E-state index in [1.54, 1.807) is 6.07 Å². The maximum atomic E-state index is 11.4. The molecular weight excluding hydrogens is 300 g/mol. The topological polar surface area (TPSA) is 66.9 Å². The van der Waals surface area contributed by atoms with Crippen LogP contribution >= 0.6 is 11.6 Å². The summed E-state index contributed by atoms with van der Waals surface area (Å²) in [5.41, 5.74) is 2.37. The van der Waals surface area contributed by atoms with Crippen LogP contribution in [0.5, 0.6) is 0 Å². The van der Waals surface area contributed by atoms with Crippen LogP contribution in [0.3, 0.4) is 0 Å². The Labute approximate surface area is 132 Å². The summed E-state index contributed by atoms with van der Waals surface area (Å²) in [5, 5.41) is 6.79. The van der Waals surface area contributed by atoms with Crippen molar-refractivity contribution < 1.29 is 4.79 Å². The maximum Gasteiger partial charge on any atom is 0.239 e. The number of nitrogens with one attached hydrogen (secondary N) is 2. The van der Waals surface area contributed by atoms with Crippen molar-refractivity contribution in [2.75, 3.05) is 16.5 Å². The van der Waals surface area contributed by atoms with E-state index in [-0.39, 0.29) is 11.8 Å². The molecule has 0 aliphatic carbocycles. The van der Waals surface area contributed by atoms with Crippen LogP contribution in [-0.2, 0) is 4.79 Å². The summed E-state index contributed by atoms with van der Waals surface area (Å²) in [6.07, 6.45) is 1.50. The van der Waals surface area contributed by atoms with E-state index in [1.807, 2.05) is 42.5 Å². The van der Waals surface area contributed by atoms with Gasteiger partial charge in [0.1, 0.15) is 18.0 Å². The van der Waals surface area contributed by atoms with E-state index in [0.29, 0.717) is 11.5 Å². The fraction of sp³-hybridized carbons (Fsp3) is 0.0625. The minimum Gasteiger partial charge on any atom is -0.340 e. The highest BCUT2D eigenvalue weighted by atomic mass is 35.5. The Hall–Kier alpha value is -2.66. The first-order chi connectivity index (χ1) is 10.8. The molecule has 2 aromatic carbocycles. The fourth-order valence-electron chi connectivity index (χ4n) is 2.09. The first-order valence-electron chi connectivity index (χ1n) is 6.69. The molecule has 22 heavy (non-hydrogen) atoms. The molecule has 110 valence electrons. The van der Waals surface area contributed by atoms with Crippen molar-refractivity contribution in [3.8, 4) is 0 Å². The molecule has 0 atom stereocenters. The number of fused-ring (bicyclic) bond motifs is 1. The lowest BCUT2D eigenvalue weighted by Crippen LogP contribution is -2.12. The summed E-state index contributed by atoms with van der Waals surface area (Å²) in [6.45, 7) is 0. The third kappa shape index (κ3) is 3.15. The van der Waals surface area contributed by atoms with Gasteiger partial charge >= 0.3 is 0 Å². The first-order valence-corrected chi connectivity index (χ1v) is 7.22. The summed E-state index contributed by atoms with van der Waals surface area (Å²) >= 11 is 5.51. The van der Waals surface area contributed by atoms with Crippen molar-refractivity contribution in [1.82, 2.24) is 9.97 Å². The monoisotopic (exact) mass is 312 g/mol. The van der Waals surface area contributed by atoms with E-state index >= 15 is 0 Å². The van der Waals surface area contributed by atoms with E-state index in [9.17, 15) is 4.79 Å². The predicted octanol–water partition coefficient (Wildman–Crippen LogP) is 3.55. The van der Waals surface area contributed by atoms with Gasteiger partial charge in [0.05, 0.1) is 5.52 Å². The number of alkyl halides is 1. The molecule has 2 N–H and O–H groups in total. The SMILES string of the molecule is O=C(CCl)Nc1ccc2ncnc(Nc3ccccc3)c2c1. The Morgan fingerprint density at radius 2 is 1.86 bits per heavy atom. The molecule has 5 nitrogen and oxygen atoms in total.